The van der Waals surface area contributed by atoms with Crippen LogP contribution >= 0.6 is 0 Å². The third-order valence-electron chi connectivity index (χ3n) is 2.37. The molecule has 1 aromatic carbocycles. The van der Waals surface area contributed by atoms with Gasteiger partial charge in [0.25, 0.3) is 0 Å². The summed E-state index contributed by atoms with van der Waals surface area (Å²) in [5.74, 6) is 0.472. The van der Waals surface area contributed by atoms with Gasteiger partial charge < -0.3 is 9.84 Å². The number of rotatable bonds is 3. The van der Waals surface area contributed by atoms with E-state index in [0.717, 1.165) is 5.56 Å². The van der Waals surface area contributed by atoms with E-state index in [-0.39, 0.29) is 5.88 Å². The third kappa shape index (κ3) is 2.79. The average molecular weight is 230 g/mol. The van der Waals surface area contributed by atoms with Gasteiger partial charge in [-0.2, -0.15) is 4.98 Å². The first-order valence-electron chi connectivity index (χ1n) is 5.32. The Bertz CT molecular complexity index is 509. The number of aromatic hydroxyl groups is 1. The molecule has 0 atom stereocenters. The Labute approximate surface area is 99.9 Å². The lowest BCUT2D eigenvalue weighted by molar-refractivity contribution is 0.181. The number of nitrogens with zero attached hydrogens (tertiary/aromatic N) is 2. The van der Waals surface area contributed by atoms with Crippen molar-refractivity contribution >= 4 is 0 Å². The predicted molar refractivity (Wildman–Crippen MR) is 64.6 cm³/mol. The molecule has 0 saturated carbocycles. The molecular weight excluding hydrogens is 216 g/mol. The molecule has 0 aliphatic heterocycles. The smallest absolute Gasteiger partial charge is 0.214 e. The van der Waals surface area contributed by atoms with Crippen molar-refractivity contribution in [2.45, 2.75) is 13.5 Å². The number of aryl methyl sites for hydroxylation is 1. The fourth-order valence-corrected chi connectivity index (χ4v) is 1.54. The summed E-state index contributed by atoms with van der Waals surface area (Å²) in [7, 11) is 1.59. The maximum Gasteiger partial charge on any atom is 0.214 e. The topological polar surface area (TPSA) is 55.2 Å². The molecule has 1 N–H and O–H groups in total. The fourth-order valence-electron chi connectivity index (χ4n) is 1.54. The van der Waals surface area contributed by atoms with Crippen LogP contribution in [0, 0.1) is 6.92 Å². The van der Waals surface area contributed by atoms with Crippen LogP contribution in [0.15, 0.2) is 30.3 Å². The lowest BCUT2D eigenvalue weighted by atomic mass is 10.1. The van der Waals surface area contributed by atoms with E-state index in [2.05, 4.69) is 9.97 Å². The van der Waals surface area contributed by atoms with Gasteiger partial charge >= 0.3 is 0 Å². The number of methoxy groups -OCH3 is 1. The van der Waals surface area contributed by atoms with Gasteiger partial charge in [-0.15, -0.1) is 0 Å². The minimum atomic E-state index is -0.0392. The van der Waals surface area contributed by atoms with E-state index in [1.165, 1.54) is 11.6 Å². The van der Waals surface area contributed by atoms with Crippen molar-refractivity contribution in [1.82, 2.24) is 9.97 Å². The summed E-state index contributed by atoms with van der Waals surface area (Å²) in [6, 6.07) is 9.33. The van der Waals surface area contributed by atoms with E-state index in [1.54, 1.807) is 7.11 Å². The summed E-state index contributed by atoms with van der Waals surface area (Å²) in [5, 5.41) is 9.53. The van der Waals surface area contributed by atoms with Crippen LogP contribution in [0.2, 0.25) is 0 Å². The van der Waals surface area contributed by atoms with Crippen molar-refractivity contribution in [2.24, 2.45) is 0 Å². The lowest BCUT2D eigenvalue weighted by Gasteiger charge is -2.05. The molecule has 0 saturated heterocycles. The van der Waals surface area contributed by atoms with Gasteiger partial charge in [-0.05, 0) is 6.92 Å². The minimum absolute atomic E-state index is 0.0392. The first kappa shape index (κ1) is 11.5. The van der Waals surface area contributed by atoms with Crippen LogP contribution in [0.25, 0.3) is 11.4 Å². The zero-order chi connectivity index (χ0) is 12.3. The molecule has 17 heavy (non-hydrogen) atoms. The van der Waals surface area contributed by atoms with Gasteiger partial charge in [0.2, 0.25) is 5.88 Å². The lowest BCUT2D eigenvalue weighted by Crippen LogP contribution is -1.97. The number of hydrogen-bond donors (Lipinski definition) is 1. The Morgan fingerprint density at radius 2 is 1.88 bits per heavy atom. The second-order valence-electron chi connectivity index (χ2n) is 3.84. The molecular formula is C13H14N2O2. The van der Waals surface area contributed by atoms with Crippen LogP contribution in [0.3, 0.4) is 0 Å². The second-order valence-corrected chi connectivity index (χ2v) is 3.84. The molecule has 0 aliphatic carbocycles. The van der Waals surface area contributed by atoms with Gasteiger partial charge in [-0.25, -0.2) is 4.98 Å². The first-order chi connectivity index (χ1) is 8.19. The van der Waals surface area contributed by atoms with Crippen molar-refractivity contribution in [3.05, 3.63) is 41.6 Å². The monoisotopic (exact) mass is 230 g/mol. The number of aromatic nitrogens is 2. The molecule has 88 valence electrons. The molecule has 0 unspecified atom stereocenters. The Morgan fingerprint density at radius 1 is 1.18 bits per heavy atom. The van der Waals surface area contributed by atoms with Crippen molar-refractivity contribution in [3.8, 4) is 17.3 Å². The zero-order valence-electron chi connectivity index (χ0n) is 9.84. The molecule has 0 aliphatic rings. The normalized spacial score (nSPS) is 10.5. The summed E-state index contributed by atoms with van der Waals surface area (Å²) in [6.45, 7) is 2.37. The van der Waals surface area contributed by atoms with Crippen LogP contribution in [0.4, 0.5) is 0 Å². The Kier molecular flexibility index (Phi) is 3.35. The highest BCUT2D eigenvalue weighted by atomic mass is 16.5. The first-order valence-corrected chi connectivity index (χ1v) is 5.32. The summed E-state index contributed by atoms with van der Waals surface area (Å²) in [4.78, 5) is 8.33. The van der Waals surface area contributed by atoms with Crippen LogP contribution in [-0.4, -0.2) is 22.2 Å². The largest absolute Gasteiger partial charge is 0.493 e. The van der Waals surface area contributed by atoms with Gasteiger partial charge in [0, 0.05) is 18.7 Å². The second kappa shape index (κ2) is 4.93. The summed E-state index contributed by atoms with van der Waals surface area (Å²) in [6.07, 6.45) is 0. The molecule has 0 radical (unpaired) electrons. The Balaban J connectivity index is 2.40. The maximum absolute atomic E-state index is 9.53. The SMILES string of the molecule is COCc1cc(O)nc(-c2ccc(C)cc2)n1. The highest BCUT2D eigenvalue weighted by Crippen LogP contribution is 2.19. The number of benzene rings is 1. The molecule has 1 aromatic heterocycles. The van der Waals surface area contributed by atoms with Crippen LogP contribution < -0.4 is 0 Å². The average Bonchev–Trinajstić information content (AvgIpc) is 2.29. The molecule has 0 amide bonds. The van der Waals surface area contributed by atoms with Crippen molar-refractivity contribution < 1.29 is 9.84 Å². The Morgan fingerprint density at radius 3 is 2.53 bits per heavy atom. The highest BCUT2D eigenvalue weighted by Gasteiger charge is 2.05. The number of hydrogen-bond acceptors (Lipinski definition) is 4. The summed E-state index contributed by atoms with van der Waals surface area (Å²) >= 11 is 0. The molecule has 0 bridgehead atoms. The van der Waals surface area contributed by atoms with Crippen molar-refractivity contribution in [2.75, 3.05) is 7.11 Å². The van der Waals surface area contributed by atoms with E-state index in [0.29, 0.717) is 18.1 Å². The summed E-state index contributed by atoms with van der Waals surface area (Å²) in [5.41, 5.74) is 2.71. The maximum atomic E-state index is 9.53. The highest BCUT2D eigenvalue weighted by molar-refractivity contribution is 5.56. The van der Waals surface area contributed by atoms with Gasteiger partial charge in [0.05, 0.1) is 12.3 Å². The third-order valence-corrected chi connectivity index (χ3v) is 2.37. The molecule has 1 heterocycles. The summed E-state index contributed by atoms with van der Waals surface area (Å²) < 4.78 is 4.99. The Hall–Kier alpha value is -1.94. The quantitative estimate of drug-likeness (QED) is 0.879. The molecule has 4 nitrogen and oxygen atoms in total. The van der Waals surface area contributed by atoms with Gasteiger partial charge in [0.15, 0.2) is 5.82 Å². The van der Waals surface area contributed by atoms with E-state index < -0.39 is 0 Å². The van der Waals surface area contributed by atoms with E-state index >= 15 is 0 Å². The van der Waals surface area contributed by atoms with E-state index in [1.807, 2.05) is 31.2 Å². The van der Waals surface area contributed by atoms with Crippen molar-refractivity contribution in [1.29, 1.82) is 0 Å². The predicted octanol–water partition coefficient (Wildman–Crippen LogP) is 2.30. The standard InChI is InChI=1S/C13H14N2O2/c1-9-3-5-10(6-4-9)13-14-11(8-17-2)7-12(16)15-13/h3-7H,8H2,1-2H3,(H,14,15,16). The van der Waals surface area contributed by atoms with Crippen LogP contribution in [-0.2, 0) is 11.3 Å². The molecule has 2 aromatic rings. The molecule has 0 spiro atoms. The van der Waals surface area contributed by atoms with Gasteiger partial charge in [-0.1, -0.05) is 29.8 Å². The fraction of sp³-hybridized carbons (Fsp3) is 0.231. The molecule has 4 heteroatoms. The van der Waals surface area contributed by atoms with Crippen molar-refractivity contribution in [3.63, 3.8) is 0 Å². The zero-order valence-corrected chi connectivity index (χ0v) is 9.84. The van der Waals surface area contributed by atoms with Crippen LogP contribution in [0.1, 0.15) is 11.3 Å². The number of ether oxygens (including phenoxy) is 1. The van der Waals surface area contributed by atoms with E-state index in [4.69, 9.17) is 4.74 Å². The van der Waals surface area contributed by atoms with Crippen LogP contribution in [0.5, 0.6) is 5.88 Å². The molecule has 2 rings (SSSR count). The molecule has 0 fully saturated rings. The minimum Gasteiger partial charge on any atom is -0.493 e. The van der Waals surface area contributed by atoms with Gasteiger partial charge in [-0.3, -0.25) is 0 Å². The van der Waals surface area contributed by atoms with E-state index in [9.17, 15) is 5.11 Å². The van der Waals surface area contributed by atoms with Gasteiger partial charge in [0.1, 0.15) is 0 Å².